The number of hydrogen-bond acceptors (Lipinski definition) is 3. The number of urea groups is 1. The van der Waals surface area contributed by atoms with Crippen LogP contribution in [-0.2, 0) is 4.74 Å². The molecule has 2 N–H and O–H groups in total. The lowest BCUT2D eigenvalue weighted by atomic mass is 9.97. The van der Waals surface area contributed by atoms with E-state index in [1.165, 1.54) is 0 Å². The molecule has 2 amide bonds. The summed E-state index contributed by atoms with van der Waals surface area (Å²) in [4.78, 5) is 13.8. The Morgan fingerprint density at radius 2 is 1.88 bits per heavy atom. The third kappa shape index (κ3) is 7.18. The Bertz CT molecular complexity index is 232. The minimum absolute atomic E-state index is 0.0758. The summed E-state index contributed by atoms with van der Waals surface area (Å²) < 4.78 is 5.26. The van der Waals surface area contributed by atoms with E-state index in [4.69, 9.17) is 4.74 Å². The van der Waals surface area contributed by atoms with Gasteiger partial charge in [-0.25, -0.2) is 4.79 Å². The number of ether oxygens (including phenoxy) is 1. The van der Waals surface area contributed by atoms with Gasteiger partial charge in [0.2, 0.25) is 0 Å². The normalized spacial score (nSPS) is 17.8. The second-order valence-electron chi connectivity index (χ2n) is 5.62. The predicted molar refractivity (Wildman–Crippen MR) is 68.1 cm³/mol. The number of nitrogens with one attached hydrogen (secondary N) is 2. The van der Waals surface area contributed by atoms with Crippen molar-refractivity contribution in [3.05, 3.63) is 0 Å². The van der Waals surface area contributed by atoms with E-state index in [9.17, 15) is 4.79 Å². The molecular weight excluding hydrogens is 218 g/mol. The van der Waals surface area contributed by atoms with Gasteiger partial charge < -0.3 is 15.4 Å². The SMILES string of the molecule is CC(C)(C)CNC(=O)NCCN1CCOCC1. The van der Waals surface area contributed by atoms with Gasteiger partial charge in [0.05, 0.1) is 13.2 Å². The molecule has 0 atom stereocenters. The molecule has 0 aromatic carbocycles. The highest BCUT2D eigenvalue weighted by Gasteiger charge is 2.12. The lowest BCUT2D eigenvalue weighted by Gasteiger charge is -2.26. The molecule has 5 heteroatoms. The van der Waals surface area contributed by atoms with Gasteiger partial charge in [0, 0.05) is 32.7 Å². The van der Waals surface area contributed by atoms with Crippen LogP contribution >= 0.6 is 0 Å². The molecule has 0 spiro atoms. The van der Waals surface area contributed by atoms with Crippen molar-refractivity contribution < 1.29 is 9.53 Å². The summed E-state index contributed by atoms with van der Waals surface area (Å²) in [5, 5.41) is 5.74. The van der Waals surface area contributed by atoms with Crippen LogP contribution in [0.15, 0.2) is 0 Å². The van der Waals surface area contributed by atoms with Gasteiger partial charge in [-0.1, -0.05) is 20.8 Å². The van der Waals surface area contributed by atoms with Crippen LogP contribution in [0.25, 0.3) is 0 Å². The van der Waals surface area contributed by atoms with E-state index in [2.05, 4.69) is 36.3 Å². The second-order valence-corrected chi connectivity index (χ2v) is 5.62. The molecule has 5 nitrogen and oxygen atoms in total. The van der Waals surface area contributed by atoms with Crippen LogP contribution in [0, 0.1) is 5.41 Å². The number of carbonyl (C=O) groups excluding carboxylic acids is 1. The fraction of sp³-hybridized carbons (Fsp3) is 0.917. The molecule has 1 aliphatic rings. The molecule has 17 heavy (non-hydrogen) atoms. The maximum atomic E-state index is 11.5. The van der Waals surface area contributed by atoms with E-state index in [0.717, 1.165) is 32.8 Å². The third-order valence-corrected chi connectivity index (χ3v) is 2.60. The highest BCUT2D eigenvalue weighted by atomic mass is 16.5. The zero-order chi connectivity index (χ0) is 12.7. The predicted octanol–water partition coefficient (Wildman–Crippen LogP) is 0.664. The maximum absolute atomic E-state index is 11.5. The van der Waals surface area contributed by atoms with Crippen LogP contribution in [0.3, 0.4) is 0 Å². The number of rotatable bonds is 4. The monoisotopic (exact) mass is 243 g/mol. The first kappa shape index (κ1) is 14.3. The van der Waals surface area contributed by atoms with Crippen molar-refractivity contribution in [3.8, 4) is 0 Å². The molecular formula is C12H25N3O2. The van der Waals surface area contributed by atoms with Gasteiger partial charge in [-0.05, 0) is 5.41 Å². The molecule has 1 rings (SSSR count). The Labute approximate surface area is 104 Å². The Balaban J connectivity index is 2.03. The summed E-state index contributed by atoms with van der Waals surface area (Å²) >= 11 is 0. The molecule has 1 saturated heterocycles. The summed E-state index contributed by atoms with van der Waals surface area (Å²) in [5.41, 5.74) is 0.127. The molecule has 0 bridgehead atoms. The molecule has 0 aromatic heterocycles. The number of morpholine rings is 1. The van der Waals surface area contributed by atoms with Gasteiger partial charge in [0.25, 0.3) is 0 Å². The van der Waals surface area contributed by atoms with E-state index in [-0.39, 0.29) is 11.4 Å². The fourth-order valence-electron chi connectivity index (χ4n) is 1.56. The van der Waals surface area contributed by atoms with Gasteiger partial charge in [-0.3, -0.25) is 4.90 Å². The zero-order valence-electron chi connectivity index (χ0n) is 11.2. The van der Waals surface area contributed by atoms with Crippen molar-refractivity contribution in [1.29, 1.82) is 0 Å². The van der Waals surface area contributed by atoms with E-state index < -0.39 is 0 Å². The zero-order valence-corrected chi connectivity index (χ0v) is 11.2. The average molecular weight is 243 g/mol. The molecule has 100 valence electrons. The van der Waals surface area contributed by atoms with Crippen LogP contribution in [0.4, 0.5) is 4.79 Å². The standard InChI is InChI=1S/C12H25N3O2/c1-12(2,3)10-14-11(16)13-4-5-15-6-8-17-9-7-15/h4-10H2,1-3H3,(H2,13,14,16). The van der Waals surface area contributed by atoms with E-state index in [1.54, 1.807) is 0 Å². The summed E-state index contributed by atoms with van der Waals surface area (Å²) in [6.07, 6.45) is 0. The minimum Gasteiger partial charge on any atom is -0.379 e. The smallest absolute Gasteiger partial charge is 0.314 e. The van der Waals surface area contributed by atoms with Crippen molar-refractivity contribution >= 4 is 6.03 Å². The van der Waals surface area contributed by atoms with Gasteiger partial charge in [-0.2, -0.15) is 0 Å². The molecule has 0 radical (unpaired) electrons. The molecule has 0 aliphatic carbocycles. The summed E-state index contributed by atoms with van der Waals surface area (Å²) in [7, 11) is 0. The highest BCUT2D eigenvalue weighted by Crippen LogP contribution is 2.09. The first-order valence-corrected chi connectivity index (χ1v) is 6.29. The van der Waals surface area contributed by atoms with Crippen LogP contribution < -0.4 is 10.6 Å². The lowest BCUT2D eigenvalue weighted by molar-refractivity contribution is 0.0387. The third-order valence-electron chi connectivity index (χ3n) is 2.60. The largest absolute Gasteiger partial charge is 0.379 e. The summed E-state index contributed by atoms with van der Waals surface area (Å²) in [6.45, 7) is 12.1. The number of hydrogen-bond donors (Lipinski definition) is 2. The minimum atomic E-state index is -0.0758. The first-order valence-electron chi connectivity index (χ1n) is 6.29. The van der Waals surface area contributed by atoms with Crippen LogP contribution in [0.5, 0.6) is 0 Å². The van der Waals surface area contributed by atoms with Gasteiger partial charge in [-0.15, -0.1) is 0 Å². The van der Waals surface area contributed by atoms with Crippen molar-refractivity contribution in [2.24, 2.45) is 5.41 Å². The Kier molecular flexibility index (Phi) is 5.71. The Morgan fingerprint density at radius 1 is 1.24 bits per heavy atom. The lowest BCUT2D eigenvalue weighted by Crippen LogP contribution is -2.45. The average Bonchev–Trinajstić information content (AvgIpc) is 2.27. The Hall–Kier alpha value is -0.810. The topological polar surface area (TPSA) is 53.6 Å². The van der Waals surface area contributed by atoms with Gasteiger partial charge in [0.1, 0.15) is 0 Å². The maximum Gasteiger partial charge on any atom is 0.314 e. The molecule has 1 heterocycles. The molecule has 0 unspecified atom stereocenters. The molecule has 1 aliphatic heterocycles. The van der Waals surface area contributed by atoms with Crippen LogP contribution in [0.1, 0.15) is 20.8 Å². The fourth-order valence-corrected chi connectivity index (χ4v) is 1.56. The quantitative estimate of drug-likeness (QED) is 0.763. The number of amides is 2. The Morgan fingerprint density at radius 3 is 2.47 bits per heavy atom. The number of carbonyl (C=O) groups is 1. The molecule has 1 fully saturated rings. The van der Waals surface area contributed by atoms with Crippen molar-refractivity contribution in [2.75, 3.05) is 45.9 Å². The first-order chi connectivity index (χ1) is 7.97. The summed E-state index contributed by atoms with van der Waals surface area (Å²) in [6, 6.07) is -0.0758. The van der Waals surface area contributed by atoms with Crippen LogP contribution in [0.2, 0.25) is 0 Å². The van der Waals surface area contributed by atoms with Crippen LogP contribution in [-0.4, -0.2) is 56.9 Å². The van der Waals surface area contributed by atoms with Gasteiger partial charge in [0.15, 0.2) is 0 Å². The van der Waals surface area contributed by atoms with Crippen molar-refractivity contribution in [2.45, 2.75) is 20.8 Å². The second kappa shape index (κ2) is 6.81. The molecule has 0 saturated carbocycles. The van der Waals surface area contributed by atoms with E-state index >= 15 is 0 Å². The summed E-state index contributed by atoms with van der Waals surface area (Å²) in [5.74, 6) is 0. The van der Waals surface area contributed by atoms with Crippen molar-refractivity contribution in [3.63, 3.8) is 0 Å². The van der Waals surface area contributed by atoms with Gasteiger partial charge >= 0.3 is 6.03 Å². The number of nitrogens with zero attached hydrogens (tertiary/aromatic N) is 1. The molecule has 0 aromatic rings. The highest BCUT2D eigenvalue weighted by molar-refractivity contribution is 5.73. The van der Waals surface area contributed by atoms with E-state index in [1.807, 2.05) is 0 Å². The van der Waals surface area contributed by atoms with Crippen molar-refractivity contribution in [1.82, 2.24) is 15.5 Å². The van der Waals surface area contributed by atoms with E-state index in [0.29, 0.717) is 13.1 Å².